The Hall–Kier alpha value is -1.52. The Morgan fingerprint density at radius 3 is 2.45 bits per heavy atom. The van der Waals surface area contributed by atoms with Gasteiger partial charge in [-0.05, 0) is 49.4 Å². The zero-order chi connectivity index (χ0) is 15.2. The van der Waals surface area contributed by atoms with Crippen LogP contribution in [0.25, 0.3) is 0 Å². The third-order valence-corrected chi connectivity index (χ3v) is 3.05. The van der Waals surface area contributed by atoms with Crippen LogP contribution >= 0.6 is 0 Å². The quantitative estimate of drug-likeness (QED) is 0.735. The molecular formula is C15H19F3O2. The average Bonchev–Trinajstić information content (AvgIpc) is 2.38. The first-order valence-electron chi connectivity index (χ1n) is 6.73. The van der Waals surface area contributed by atoms with E-state index < -0.39 is 11.7 Å². The van der Waals surface area contributed by atoms with Gasteiger partial charge in [0.1, 0.15) is 0 Å². The van der Waals surface area contributed by atoms with Gasteiger partial charge in [-0.1, -0.05) is 13.0 Å². The Bertz CT molecular complexity index is 453. The van der Waals surface area contributed by atoms with E-state index in [0.717, 1.165) is 11.6 Å². The Kier molecular flexibility index (Phi) is 6.05. The molecule has 2 nitrogen and oxygen atoms in total. The molecule has 0 saturated heterocycles. The zero-order valence-electron chi connectivity index (χ0n) is 11.7. The minimum Gasteiger partial charge on any atom is -0.466 e. The summed E-state index contributed by atoms with van der Waals surface area (Å²) in [6.45, 7) is 3.91. The van der Waals surface area contributed by atoms with Gasteiger partial charge in [-0.2, -0.15) is 13.2 Å². The highest BCUT2D eigenvalue weighted by atomic mass is 19.4. The Balaban J connectivity index is 2.69. The second-order valence-electron chi connectivity index (χ2n) is 4.49. The molecule has 0 radical (unpaired) electrons. The molecule has 0 fully saturated rings. The summed E-state index contributed by atoms with van der Waals surface area (Å²) in [6, 6.07) is 3.80. The fraction of sp³-hybridized carbons (Fsp3) is 0.533. The molecule has 0 heterocycles. The first kappa shape index (κ1) is 16.5. The molecule has 5 heteroatoms. The van der Waals surface area contributed by atoms with E-state index in [1.54, 1.807) is 6.92 Å². The maximum atomic E-state index is 12.6. The van der Waals surface area contributed by atoms with Gasteiger partial charge in [-0.3, -0.25) is 4.79 Å². The van der Waals surface area contributed by atoms with Gasteiger partial charge < -0.3 is 4.74 Å². The van der Waals surface area contributed by atoms with Gasteiger partial charge in [0.2, 0.25) is 0 Å². The lowest BCUT2D eigenvalue weighted by Gasteiger charge is -2.12. The number of carbonyl (C=O) groups is 1. The van der Waals surface area contributed by atoms with Crippen LogP contribution in [0.15, 0.2) is 18.2 Å². The maximum Gasteiger partial charge on any atom is 0.416 e. The molecule has 20 heavy (non-hydrogen) atoms. The zero-order valence-corrected chi connectivity index (χ0v) is 11.7. The van der Waals surface area contributed by atoms with E-state index in [1.807, 2.05) is 6.92 Å². The lowest BCUT2D eigenvalue weighted by molar-refractivity contribution is -0.143. The molecule has 0 aliphatic heterocycles. The molecule has 1 aromatic rings. The second-order valence-corrected chi connectivity index (χ2v) is 4.49. The van der Waals surface area contributed by atoms with Crippen molar-refractivity contribution < 1.29 is 22.7 Å². The summed E-state index contributed by atoms with van der Waals surface area (Å²) in [5.41, 5.74) is 0.928. The molecule has 0 amide bonds. The molecular weight excluding hydrogens is 269 g/mol. The maximum absolute atomic E-state index is 12.6. The van der Waals surface area contributed by atoms with Crippen LogP contribution in [0.4, 0.5) is 13.2 Å². The van der Waals surface area contributed by atoms with Crippen LogP contribution in [0.5, 0.6) is 0 Å². The number of aryl methyl sites for hydroxylation is 2. The van der Waals surface area contributed by atoms with Crippen molar-refractivity contribution in [2.24, 2.45) is 0 Å². The van der Waals surface area contributed by atoms with Crippen molar-refractivity contribution in [3.63, 3.8) is 0 Å². The van der Waals surface area contributed by atoms with Crippen LogP contribution in [-0.4, -0.2) is 12.6 Å². The number of alkyl halides is 3. The number of carbonyl (C=O) groups excluding carboxylic acids is 1. The predicted molar refractivity (Wildman–Crippen MR) is 70.4 cm³/mol. The van der Waals surface area contributed by atoms with Crippen molar-refractivity contribution in [2.45, 2.75) is 45.7 Å². The van der Waals surface area contributed by atoms with E-state index in [0.29, 0.717) is 31.4 Å². The standard InChI is InChI=1S/C15H19F3O2/c1-3-11-10-13(15(16,17)18)9-8-12(11)6-5-7-14(19)20-4-2/h8-10H,3-7H2,1-2H3. The molecule has 0 N–H and O–H groups in total. The second kappa shape index (κ2) is 7.31. The highest BCUT2D eigenvalue weighted by Gasteiger charge is 2.30. The van der Waals surface area contributed by atoms with Crippen LogP contribution < -0.4 is 0 Å². The number of rotatable bonds is 6. The van der Waals surface area contributed by atoms with E-state index in [-0.39, 0.29) is 12.4 Å². The van der Waals surface area contributed by atoms with Gasteiger partial charge in [0.25, 0.3) is 0 Å². The van der Waals surface area contributed by atoms with Crippen molar-refractivity contribution >= 4 is 5.97 Å². The fourth-order valence-electron chi connectivity index (χ4n) is 2.03. The number of esters is 1. The number of benzene rings is 1. The lowest BCUT2D eigenvalue weighted by atomic mass is 9.97. The van der Waals surface area contributed by atoms with Gasteiger partial charge in [0.05, 0.1) is 12.2 Å². The van der Waals surface area contributed by atoms with Crippen molar-refractivity contribution in [3.05, 3.63) is 34.9 Å². The van der Waals surface area contributed by atoms with Gasteiger partial charge >= 0.3 is 12.1 Å². The number of hydrogen-bond acceptors (Lipinski definition) is 2. The van der Waals surface area contributed by atoms with Crippen molar-refractivity contribution in [2.75, 3.05) is 6.61 Å². The van der Waals surface area contributed by atoms with E-state index in [2.05, 4.69) is 0 Å². The topological polar surface area (TPSA) is 26.3 Å². The van der Waals surface area contributed by atoms with Crippen LogP contribution in [0.2, 0.25) is 0 Å². The molecule has 0 bridgehead atoms. The highest BCUT2D eigenvalue weighted by Crippen LogP contribution is 2.31. The van der Waals surface area contributed by atoms with E-state index in [9.17, 15) is 18.0 Å². The average molecular weight is 288 g/mol. The minimum absolute atomic E-state index is 0.266. The minimum atomic E-state index is -4.31. The normalized spacial score (nSPS) is 11.4. The highest BCUT2D eigenvalue weighted by molar-refractivity contribution is 5.69. The summed E-state index contributed by atoms with van der Waals surface area (Å²) >= 11 is 0. The summed E-state index contributed by atoms with van der Waals surface area (Å²) in [5.74, 6) is -0.266. The molecule has 1 rings (SSSR count). The first-order valence-corrected chi connectivity index (χ1v) is 6.73. The molecule has 112 valence electrons. The van der Waals surface area contributed by atoms with Crippen LogP contribution in [-0.2, 0) is 28.5 Å². The van der Waals surface area contributed by atoms with Crippen LogP contribution in [0.3, 0.4) is 0 Å². The van der Waals surface area contributed by atoms with E-state index in [1.165, 1.54) is 12.1 Å². The summed E-state index contributed by atoms with van der Waals surface area (Å²) < 4.78 is 42.7. The molecule has 0 aromatic heterocycles. The molecule has 1 aromatic carbocycles. The molecule has 0 spiro atoms. The number of halogens is 3. The summed E-state index contributed by atoms with van der Waals surface area (Å²) in [5, 5.41) is 0. The number of hydrogen-bond donors (Lipinski definition) is 0. The van der Waals surface area contributed by atoms with Gasteiger partial charge in [-0.25, -0.2) is 0 Å². The Morgan fingerprint density at radius 2 is 1.90 bits per heavy atom. The van der Waals surface area contributed by atoms with Crippen LogP contribution in [0, 0.1) is 0 Å². The van der Waals surface area contributed by atoms with Gasteiger partial charge in [-0.15, -0.1) is 0 Å². The monoisotopic (exact) mass is 288 g/mol. The number of ether oxygens (including phenoxy) is 1. The predicted octanol–water partition coefficient (Wildman–Crippen LogP) is 4.15. The Labute approximate surface area is 116 Å². The largest absolute Gasteiger partial charge is 0.466 e. The molecule has 0 saturated carbocycles. The van der Waals surface area contributed by atoms with Crippen molar-refractivity contribution in [3.8, 4) is 0 Å². The van der Waals surface area contributed by atoms with Gasteiger partial charge in [0.15, 0.2) is 0 Å². The Morgan fingerprint density at radius 1 is 1.20 bits per heavy atom. The van der Waals surface area contributed by atoms with Crippen LogP contribution in [0.1, 0.15) is 43.4 Å². The smallest absolute Gasteiger partial charge is 0.416 e. The summed E-state index contributed by atoms with van der Waals surface area (Å²) in [4.78, 5) is 11.2. The molecule has 0 aliphatic rings. The third kappa shape index (κ3) is 4.87. The van der Waals surface area contributed by atoms with Gasteiger partial charge in [0, 0.05) is 6.42 Å². The van der Waals surface area contributed by atoms with E-state index in [4.69, 9.17) is 4.74 Å². The molecule has 0 unspecified atom stereocenters. The SMILES string of the molecule is CCOC(=O)CCCc1ccc(C(F)(F)F)cc1CC. The first-order chi connectivity index (χ1) is 9.38. The molecule has 0 atom stereocenters. The third-order valence-electron chi connectivity index (χ3n) is 3.05. The van der Waals surface area contributed by atoms with Crippen molar-refractivity contribution in [1.29, 1.82) is 0 Å². The summed E-state index contributed by atoms with van der Waals surface area (Å²) in [7, 11) is 0. The lowest BCUT2D eigenvalue weighted by Crippen LogP contribution is -2.07. The fourth-order valence-corrected chi connectivity index (χ4v) is 2.03. The van der Waals surface area contributed by atoms with Crippen molar-refractivity contribution in [1.82, 2.24) is 0 Å². The molecule has 0 aliphatic carbocycles. The van der Waals surface area contributed by atoms with E-state index >= 15 is 0 Å². The summed E-state index contributed by atoms with van der Waals surface area (Å²) in [6.07, 6.45) is -2.32.